The minimum Gasteiger partial charge on any atom is -0.497 e. The van der Waals surface area contributed by atoms with Gasteiger partial charge in [-0.25, -0.2) is 0 Å². The molecule has 0 aromatic heterocycles. The predicted molar refractivity (Wildman–Crippen MR) is 117 cm³/mol. The summed E-state index contributed by atoms with van der Waals surface area (Å²) in [6.07, 6.45) is 0. The maximum Gasteiger partial charge on any atom is 0.282 e. The molecule has 0 saturated heterocycles. The zero-order valence-electron chi connectivity index (χ0n) is 17.1. The van der Waals surface area contributed by atoms with Crippen LogP contribution in [0.4, 0.5) is 17.1 Å². The number of anilines is 2. The molecule has 0 bridgehead atoms. The summed E-state index contributed by atoms with van der Waals surface area (Å²) < 4.78 is 10.6. The maximum absolute atomic E-state index is 12.8. The van der Waals surface area contributed by atoms with E-state index in [2.05, 4.69) is 5.32 Å². The standard InChI is InChI=1S/C23H19N3O6/c1-31-17-8-9-19(26(29)30)18(12-17)23(28)24-16-7-10-21-20(11-16)25(22(27)14-32-21)13-15-5-3-2-4-6-15/h2-12H,13-14H2,1H3,(H,24,28). The Morgan fingerprint density at radius 3 is 2.66 bits per heavy atom. The van der Waals surface area contributed by atoms with E-state index in [0.717, 1.165) is 5.56 Å². The molecule has 3 aromatic rings. The molecule has 1 N–H and O–H groups in total. The van der Waals surface area contributed by atoms with Crippen molar-refractivity contribution in [3.63, 3.8) is 0 Å². The van der Waals surface area contributed by atoms with Crippen molar-refractivity contribution in [2.75, 3.05) is 23.9 Å². The average molecular weight is 433 g/mol. The van der Waals surface area contributed by atoms with Gasteiger partial charge in [0.1, 0.15) is 17.1 Å². The Bertz CT molecular complexity index is 1200. The van der Waals surface area contributed by atoms with Gasteiger partial charge in [-0.05, 0) is 35.9 Å². The van der Waals surface area contributed by atoms with Crippen LogP contribution in [-0.4, -0.2) is 30.5 Å². The number of hydrogen-bond acceptors (Lipinski definition) is 6. The Morgan fingerprint density at radius 1 is 1.16 bits per heavy atom. The van der Waals surface area contributed by atoms with Crippen LogP contribution in [0.1, 0.15) is 15.9 Å². The molecule has 32 heavy (non-hydrogen) atoms. The van der Waals surface area contributed by atoms with E-state index in [1.165, 1.54) is 25.3 Å². The summed E-state index contributed by atoms with van der Waals surface area (Å²) in [5.41, 5.74) is 1.33. The summed E-state index contributed by atoms with van der Waals surface area (Å²) in [7, 11) is 1.41. The minimum absolute atomic E-state index is 0.0818. The van der Waals surface area contributed by atoms with Crippen LogP contribution in [0.5, 0.6) is 11.5 Å². The highest BCUT2D eigenvalue weighted by Gasteiger charge is 2.27. The monoisotopic (exact) mass is 433 g/mol. The van der Waals surface area contributed by atoms with E-state index in [1.807, 2.05) is 30.3 Å². The van der Waals surface area contributed by atoms with Gasteiger partial charge in [-0.2, -0.15) is 0 Å². The molecule has 162 valence electrons. The smallest absolute Gasteiger partial charge is 0.282 e. The van der Waals surface area contributed by atoms with Crippen LogP contribution >= 0.6 is 0 Å². The van der Waals surface area contributed by atoms with Gasteiger partial charge in [0.2, 0.25) is 0 Å². The first-order chi connectivity index (χ1) is 15.5. The van der Waals surface area contributed by atoms with Crippen molar-refractivity contribution in [3.8, 4) is 11.5 Å². The number of ether oxygens (including phenoxy) is 2. The molecule has 0 aliphatic carbocycles. The second-order valence-corrected chi connectivity index (χ2v) is 7.03. The lowest BCUT2D eigenvalue weighted by molar-refractivity contribution is -0.385. The van der Waals surface area contributed by atoms with E-state index in [9.17, 15) is 19.7 Å². The fourth-order valence-electron chi connectivity index (χ4n) is 3.40. The van der Waals surface area contributed by atoms with Crippen LogP contribution in [0, 0.1) is 10.1 Å². The van der Waals surface area contributed by atoms with Crippen molar-refractivity contribution >= 4 is 28.9 Å². The molecular weight excluding hydrogens is 414 g/mol. The zero-order valence-corrected chi connectivity index (χ0v) is 17.1. The molecule has 0 atom stereocenters. The highest BCUT2D eigenvalue weighted by molar-refractivity contribution is 6.08. The van der Waals surface area contributed by atoms with Crippen molar-refractivity contribution < 1.29 is 24.0 Å². The highest BCUT2D eigenvalue weighted by Crippen LogP contribution is 2.36. The molecule has 0 unspecified atom stereocenters. The van der Waals surface area contributed by atoms with E-state index >= 15 is 0 Å². The summed E-state index contributed by atoms with van der Waals surface area (Å²) in [6, 6.07) is 18.3. The number of nitrogens with zero attached hydrogens (tertiary/aromatic N) is 2. The molecule has 3 aromatic carbocycles. The molecule has 2 amide bonds. The van der Waals surface area contributed by atoms with E-state index < -0.39 is 10.8 Å². The van der Waals surface area contributed by atoms with Gasteiger partial charge in [-0.1, -0.05) is 30.3 Å². The van der Waals surface area contributed by atoms with Crippen molar-refractivity contribution in [1.82, 2.24) is 0 Å². The third-order valence-corrected chi connectivity index (χ3v) is 4.99. The third-order valence-electron chi connectivity index (χ3n) is 4.99. The minimum atomic E-state index is -0.673. The summed E-state index contributed by atoms with van der Waals surface area (Å²) >= 11 is 0. The lowest BCUT2D eigenvalue weighted by Crippen LogP contribution is -2.38. The normalized spacial score (nSPS) is 12.5. The Labute approximate surface area is 183 Å². The summed E-state index contributed by atoms with van der Waals surface area (Å²) in [5, 5.41) is 14.0. The van der Waals surface area contributed by atoms with E-state index in [1.54, 1.807) is 23.1 Å². The van der Waals surface area contributed by atoms with Gasteiger partial charge in [0, 0.05) is 11.8 Å². The number of carbonyl (C=O) groups excluding carboxylic acids is 2. The van der Waals surface area contributed by atoms with E-state index in [4.69, 9.17) is 9.47 Å². The number of methoxy groups -OCH3 is 1. The lowest BCUT2D eigenvalue weighted by Gasteiger charge is -2.30. The molecular formula is C23H19N3O6. The lowest BCUT2D eigenvalue weighted by atomic mass is 10.1. The predicted octanol–water partition coefficient (Wildman–Crippen LogP) is 3.78. The number of amides is 2. The average Bonchev–Trinajstić information content (AvgIpc) is 2.81. The van der Waals surface area contributed by atoms with Gasteiger partial charge in [0.15, 0.2) is 6.61 Å². The summed E-state index contributed by atoms with van der Waals surface area (Å²) in [5.74, 6) is -0.0633. The van der Waals surface area contributed by atoms with Gasteiger partial charge in [0.25, 0.3) is 17.5 Å². The SMILES string of the molecule is COc1ccc([N+](=O)[O-])c(C(=O)Nc2ccc3c(c2)N(Cc2ccccc2)C(=O)CO3)c1. The summed E-state index contributed by atoms with van der Waals surface area (Å²) in [4.78, 5) is 37.7. The summed E-state index contributed by atoms with van der Waals surface area (Å²) in [6.45, 7) is 0.260. The van der Waals surface area contributed by atoms with E-state index in [-0.39, 0.29) is 23.8 Å². The van der Waals surface area contributed by atoms with Gasteiger partial charge in [0.05, 0.1) is 24.3 Å². The zero-order chi connectivity index (χ0) is 22.7. The largest absolute Gasteiger partial charge is 0.497 e. The Morgan fingerprint density at radius 2 is 1.94 bits per heavy atom. The molecule has 1 aliphatic heterocycles. The van der Waals surface area contributed by atoms with Gasteiger partial charge < -0.3 is 19.7 Å². The number of benzene rings is 3. The number of fused-ring (bicyclic) bond motifs is 1. The molecule has 1 aliphatic rings. The molecule has 1 heterocycles. The molecule has 0 fully saturated rings. The van der Waals surface area contributed by atoms with Crippen molar-refractivity contribution in [3.05, 3.63) is 88.0 Å². The topological polar surface area (TPSA) is 111 Å². The molecule has 0 spiro atoms. The molecule has 0 saturated carbocycles. The first kappa shape index (κ1) is 20.9. The van der Waals surface area contributed by atoms with Crippen LogP contribution in [0.25, 0.3) is 0 Å². The van der Waals surface area contributed by atoms with Crippen LogP contribution in [0.3, 0.4) is 0 Å². The van der Waals surface area contributed by atoms with Crippen LogP contribution < -0.4 is 19.7 Å². The number of hydrogen-bond donors (Lipinski definition) is 1. The Kier molecular flexibility index (Phi) is 5.71. The van der Waals surface area contributed by atoms with E-state index in [0.29, 0.717) is 29.4 Å². The number of rotatable bonds is 6. The highest BCUT2D eigenvalue weighted by atomic mass is 16.6. The van der Waals surface area contributed by atoms with Crippen molar-refractivity contribution in [1.29, 1.82) is 0 Å². The Hall–Kier alpha value is -4.40. The third kappa shape index (κ3) is 4.22. The fraction of sp³-hybridized carbons (Fsp3) is 0.130. The number of nitrogens with one attached hydrogen (secondary N) is 1. The number of nitro groups is 1. The molecule has 9 heteroatoms. The van der Waals surface area contributed by atoms with Crippen molar-refractivity contribution in [2.24, 2.45) is 0 Å². The number of carbonyl (C=O) groups is 2. The van der Waals surface area contributed by atoms with Gasteiger partial charge >= 0.3 is 0 Å². The molecule has 4 rings (SSSR count). The molecule has 9 nitrogen and oxygen atoms in total. The molecule has 0 radical (unpaired) electrons. The quantitative estimate of drug-likeness (QED) is 0.468. The van der Waals surface area contributed by atoms with Crippen LogP contribution in [0.15, 0.2) is 66.7 Å². The first-order valence-electron chi connectivity index (χ1n) is 9.71. The maximum atomic E-state index is 12.8. The number of nitro benzene ring substituents is 1. The Balaban J connectivity index is 1.64. The van der Waals surface area contributed by atoms with Crippen LogP contribution in [-0.2, 0) is 11.3 Å². The van der Waals surface area contributed by atoms with Gasteiger partial charge in [-0.3, -0.25) is 19.7 Å². The second kappa shape index (κ2) is 8.76. The fourth-order valence-corrected chi connectivity index (χ4v) is 3.40. The van der Waals surface area contributed by atoms with Gasteiger partial charge in [-0.15, -0.1) is 0 Å². The van der Waals surface area contributed by atoms with Crippen molar-refractivity contribution in [2.45, 2.75) is 6.54 Å². The first-order valence-corrected chi connectivity index (χ1v) is 9.71. The second-order valence-electron chi connectivity index (χ2n) is 7.03. The van der Waals surface area contributed by atoms with Crippen LogP contribution in [0.2, 0.25) is 0 Å².